The number of halogens is 2. The molecule has 0 saturated carbocycles. The van der Waals surface area contributed by atoms with Crippen LogP contribution >= 0.6 is 0 Å². The molecule has 7 nitrogen and oxygen atoms in total. The molecule has 0 bridgehead atoms. The number of H-pyrrole nitrogens is 1. The zero-order chi connectivity index (χ0) is 18.7. The van der Waals surface area contributed by atoms with Crippen LogP contribution in [0.25, 0.3) is 0 Å². The van der Waals surface area contributed by atoms with Crippen LogP contribution in [0.5, 0.6) is 0 Å². The van der Waals surface area contributed by atoms with Gasteiger partial charge in [0.1, 0.15) is 17.2 Å². The Bertz CT molecular complexity index is 932. The largest absolute Gasteiger partial charge is 0.376 e. The second-order valence-electron chi connectivity index (χ2n) is 5.98. The number of carbonyl (C=O) groups is 1. The summed E-state index contributed by atoms with van der Waals surface area (Å²) in [5.74, 6) is -2.30. The van der Waals surface area contributed by atoms with Gasteiger partial charge in [-0.25, -0.2) is 13.6 Å². The van der Waals surface area contributed by atoms with Crippen LogP contribution in [0.4, 0.5) is 8.78 Å². The molecule has 1 aromatic heterocycles. The van der Waals surface area contributed by atoms with Crippen molar-refractivity contribution in [3.8, 4) is 0 Å². The van der Waals surface area contributed by atoms with Crippen LogP contribution in [-0.4, -0.2) is 28.2 Å². The van der Waals surface area contributed by atoms with Gasteiger partial charge in [0.25, 0.3) is 11.5 Å². The number of rotatable bonds is 5. The summed E-state index contributed by atoms with van der Waals surface area (Å²) in [6, 6.07) is 2.97. The van der Waals surface area contributed by atoms with E-state index in [0.717, 1.165) is 29.7 Å². The highest BCUT2D eigenvalue weighted by Crippen LogP contribution is 2.12. The molecule has 2 heterocycles. The molecular formula is C17H17F2N3O4. The van der Waals surface area contributed by atoms with E-state index in [0.29, 0.717) is 12.7 Å². The molecule has 1 saturated heterocycles. The molecule has 26 heavy (non-hydrogen) atoms. The van der Waals surface area contributed by atoms with Crippen LogP contribution < -0.4 is 16.6 Å². The van der Waals surface area contributed by atoms with Crippen LogP contribution in [0.1, 0.15) is 28.8 Å². The summed E-state index contributed by atoms with van der Waals surface area (Å²) in [7, 11) is 0. The third-order valence-electron chi connectivity index (χ3n) is 4.17. The monoisotopic (exact) mass is 365 g/mol. The number of aromatic nitrogens is 2. The molecule has 9 heteroatoms. The molecule has 1 aliphatic rings. The van der Waals surface area contributed by atoms with Gasteiger partial charge < -0.3 is 15.0 Å². The zero-order valence-electron chi connectivity index (χ0n) is 13.8. The van der Waals surface area contributed by atoms with Crippen LogP contribution in [0.2, 0.25) is 0 Å². The summed E-state index contributed by atoms with van der Waals surface area (Å²) in [6.07, 6.45) is 2.35. The normalized spacial score (nSPS) is 16.6. The Kier molecular flexibility index (Phi) is 5.27. The van der Waals surface area contributed by atoms with Gasteiger partial charge in [0.2, 0.25) is 0 Å². The number of carbonyl (C=O) groups excluding carboxylic acids is 1. The molecule has 1 aliphatic heterocycles. The van der Waals surface area contributed by atoms with Gasteiger partial charge in [-0.3, -0.25) is 14.2 Å². The Labute approximate surface area is 146 Å². The number of nitrogens with one attached hydrogen (secondary N) is 2. The average Bonchev–Trinajstić information content (AvgIpc) is 3.11. The van der Waals surface area contributed by atoms with Crippen molar-refractivity contribution in [2.24, 2.45) is 0 Å². The highest BCUT2D eigenvalue weighted by molar-refractivity contribution is 5.93. The van der Waals surface area contributed by atoms with Crippen molar-refractivity contribution in [1.82, 2.24) is 14.9 Å². The molecule has 2 N–H and O–H groups in total. The predicted molar refractivity (Wildman–Crippen MR) is 87.8 cm³/mol. The Morgan fingerprint density at radius 2 is 2.15 bits per heavy atom. The van der Waals surface area contributed by atoms with Gasteiger partial charge in [0.05, 0.1) is 12.6 Å². The van der Waals surface area contributed by atoms with E-state index >= 15 is 0 Å². The first-order valence-corrected chi connectivity index (χ1v) is 8.12. The lowest BCUT2D eigenvalue weighted by molar-refractivity contribution is 0.0921. The van der Waals surface area contributed by atoms with E-state index in [1.165, 1.54) is 6.07 Å². The minimum Gasteiger partial charge on any atom is -0.376 e. The smallest absolute Gasteiger partial charge is 0.328 e. The first-order chi connectivity index (χ1) is 12.5. The van der Waals surface area contributed by atoms with Crippen molar-refractivity contribution < 1.29 is 18.3 Å². The maximum Gasteiger partial charge on any atom is 0.328 e. The van der Waals surface area contributed by atoms with E-state index < -0.39 is 28.8 Å². The van der Waals surface area contributed by atoms with Crippen molar-refractivity contribution in [1.29, 1.82) is 0 Å². The molecule has 1 amide bonds. The Hall–Kier alpha value is -2.81. The summed E-state index contributed by atoms with van der Waals surface area (Å²) in [5, 5.41) is 2.39. The van der Waals surface area contributed by atoms with Crippen LogP contribution in [0.15, 0.2) is 34.0 Å². The third kappa shape index (κ3) is 3.88. The SMILES string of the molecule is O=C(NCc1ccc(F)cc1F)c1c[nH]c(=O)n(CC2CCCO2)c1=O. The molecule has 0 radical (unpaired) electrons. The number of ether oxygens (including phenoxy) is 1. The van der Waals surface area contributed by atoms with Gasteiger partial charge in [0.15, 0.2) is 0 Å². The predicted octanol–water partition coefficient (Wildman–Crippen LogP) is 0.924. The number of aromatic amines is 1. The van der Waals surface area contributed by atoms with E-state index in [2.05, 4.69) is 10.3 Å². The minimum absolute atomic E-state index is 0.0574. The summed E-state index contributed by atoms with van der Waals surface area (Å²) < 4.78 is 32.8. The van der Waals surface area contributed by atoms with E-state index in [-0.39, 0.29) is 30.3 Å². The minimum atomic E-state index is -0.803. The van der Waals surface area contributed by atoms with Crippen molar-refractivity contribution in [3.63, 3.8) is 0 Å². The molecule has 3 rings (SSSR count). The van der Waals surface area contributed by atoms with Gasteiger partial charge >= 0.3 is 5.69 Å². The quantitative estimate of drug-likeness (QED) is 0.824. The van der Waals surface area contributed by atoms with Gasteiger partial charge in [0, 0.05) is 31.0 Å². The summed E-state index contributed by atoms with van der Waals surface area (Å²) >= 11 is 0. The van der Waals surface area contributed by atoms with Gasteiger partial charge in [-0.1, -0.05) is 6.07 Å². The number of benzene rings is 1. The Morgan fingerprint density at radius 3 is 2.85 bits per heavy atom. The van der Waals surface area contributed by atoms with Crippen molar-refractivity contribution in [3.05, 3.63) is 68.0 Å². The maximum absolute atomic E-state index is 13.6. The van der Waals surface area contributed by atoms with E-state index in [1.54, 1.807) is 0 Å². The second-order valence-corrected chi connectivity index (χ2v) is 5.98. The first-order valence-electron chi connectivity index (χ1n) is 8.12. The van der Waals surface area contributed by atoms with E-state index in [4.69, 9.17) is 4.74 Å². The molecule has 138 valence electrons. The van der Waals surface area contributed by atoms with Crippen LogP contribution in [0.3, 0.4) is 0 Å². The molecule has 0 spiro atoms. The second kappa shape index (κ2) is 7.61. The van der Waals surface area contributed by atoms with Crippen LogP contribution in [-0.2, 0) is 17.8 Å². The highest BCUT2D eigenvalue weighted by atomic mass is 19.1. The Morgan fingerprint density at radius 1 is 1.35 bits per heavy atom. The third-order valence-corrected chi connectivity index (χ3v) is 4.17. The van der Waals surface area contributed by atoms with Crippen LogP contribution in [0, 0.1) is 11.6 Å². The lowest BCUT2D eigenvalue weighted by Gasteiger charge is -2.12. The van der Waals surface area contributed by atoms with Gasteiger partial charge in [-0.2, -0.15) is 0 Å². The standard InChI is InChI=1S/C17H17F2N3O4/c18-11-4-3-10(14(19)6-11)7-20-15(23)13-8-21-17(25)22(16(13)24)9-12-2-1-5-26-12/h3-4,6,8,12H,1-2,5,7,9H2,(H,20,23)(H,21,25). The van der Waals surface area contributed by atoms with E-state index in [1.807, 2.05) is 0 Å². The number of amides is 1. The summed E-state index contributed by atoms with van der Waals surface area (Å²) in [4.78, 5) is 38.9. The topological polar surface area (TPSA) is 93.2 Å². The molecule has 1 aromatic carbocycles. The fourth-order valence-corrected chi connectivity index (χ4v) is 2.77. The molecule has 1 atom stereocenters. The highest BCUT2D eigenvalue weighted by Gasteiger charge is 2.20. The van der Waals surface area contributed by atoms with Gasteiger partial charge in [-0.05, 0) is 18.9 Å². The molecular weight excluding hydrogens is 348 g/mol. The summed E-state index contributed by atoms with van der Waals surface area (Å²) in [5.41, 5.74) is -1.58. The lowest BCUT2D eigenvalue weighted by Crippen LogP contribution is -2.42. The van der Waals surface area contributed by atoms with Crippen molar-refractivity contribution in [2.75, 3.05) is 6.61 Å². The fraction of sp³-hybridized carbons (Fsp3) is 0.353. The van der Waals surface area contributed by atoms with Crippen molar-refractivity contribution >= 4 is 5.91 Å². The van der Waals surface area contributed by atoms with E-state index in [9.17, 15) is 23.2 Å². The van der Waals surface area contributed by atoms with Crippen molar-refractivity contribution in [2.45, 2.75) is 32.0 Å². The molecule has 2 aromatic rings. The molecule has 1 fully saturated rings. The lowest BCUT2D eigenvalue weighted by atomic mass is 10.2. The fourth-order valence-electron chi connectivity index (χ4n) is 2.77. The van der Waals surface area contributed by atoms with Gasteiger partial charge in [-0.15, -0.1) is 0 Å². The first kappa shape index (κ1) is 18.0. The zero-order valence-corrected chi connectivity index (χ0v) is 13.8. The number of nitrogens with zero attached hydrogens (tertiary/aromatic N) is 1. The maximum atomic E-state index is 13.6. The summed E-state index contributed by atoms with van der Waals surface area (Å²) in [6.45, 7) is 0.401. The Balaban J connectivity index is 1.76. The number of hydrogen-bond acceptors (Lipinski definition) is 4. The number of hydrogen-bond donors (Lipinski definition) is 2. The average molecular weight is 365 g/mol. The molecule has 1 unspecified atom stereocenters. The molecule has 0 aliphatic carbocycles.